The zero-order chi connectivity index (χ0) is 17.0. The van der Waals surface area contributed by atoms with Crippen molar-refractivity contribution >= 4 is 11.9 Å². The second kappa shape index (κ2) is 7.80. The van der Waals surface area contributed by atoms with Gasteiger partial charge in [-0.05, 0) is 18.8 Å². The van der Waals surface area contributed by atoms with Gasteiger partial charge in [0.15, 0.2) is 5.79 Å². The number of carbonyl (C=O) groups is 2. The van der Waals surface area contributed by atoms with Gasteiger partial charge in [0.05, 0.1) is 19.8 Å². The lowest BCUT2D eigenvalue weighted by molar-refractivity contribution is -0.185. The molecule has 1 saturated carbocycles. The normalized spacial score (nSPS) is 30.2. The summed E-state index contributed by atoms with van der Waals surface area (Å²) in [6.45, 7) is 5.19. The monoisotopic (exact) mass is 339 g/mol. The molecule has 0 aromatic rings. The van der Waals surface area contributed by atoms with E-state index in [-0.39, 0.29) is 24.5 Å². The lowest BCUT2D eigenvalue weighted by atomic mass is 9.86. The summed E-state index contributed by atoms with van der Waals surface area (Å²) < 4.78 is 11.4. The summed E-state index contributed by atoms with van der Waals surface area (Å²) in [7, 11) is 0. The fourth-order valence-corrected chi connectivity index (χ4v) is 3.94. The van der Waals surface area contributed by atoms with Gasteiger partial charge in [-0.25, -0.2) is 4.79 Å². The van der Waals surface area contributed by atoms with Crippen LogP contribution in [0.15, 0.2) is 0 Å². The number of hydrogen-bond donors (Lipinski definition) is 2. The number of rotatable bonds is 3. The zero-order valence-corrected chi connectivity index (χ0v) is 14.5. The van der Waals surface area contributed by atoms with Crippen LogP contribution in [0.5, 0.6) is 0 Å². The van der Waals surface area contributed by atoms with Crippen molar-refractivity contribution in [2.75, 3.05) is 32.8 Å². The number of urea groups is 1. The van der Waals surface area contributed by atoms with Crippen molar-refractivity contribution < 1.29 is 19.1 Å². The van der Waals surface area contributed by atoms with Gasteiger partial charge in [-0.2, -0.15) is 0 Å². The van der Waals surface area contributed by atoms with Crippen molar-refractivity contribution in [2.24, 2.45) is 5.92 Å². The first-order chi connectivity index (χ1) is 11.6. The van der Waals surface area contributed by atoms with Gasteiger partial charge in [-0.3, -0.25) is 15.0 Å². The largest absolute Gasteiger partial charge is 0.347 e. The van der Waals surface area contributed by atoms with Gasteiger partial charge in [-0.1, -0.05) is 19.8 Å². The summed E-state index contributed by atoms with van der Waals surface area (Å²) in [5.41, 5.74) is 0. The van der Waals surface area contributed by atoms with Crippen LogP contribution in [0.25, 0.3) is 0 Å². The van der Waals surface area contributed by atoms with Gasteiger partial charge in [0.1, 0.15) is 0 Å². The standard InChI is InChI=1S/C17H29N3O4/c1-13-4-2-3-5-14(13)18-16(22)19-15(21)12-20-8-6-17(7-9-20)23-10-11-24-17/h13-14H,2-12H2,1H3,(H2,18,19,21,22)/t13-,14-/m1/s1. The van der Waals surface area contributed by atoms with E-state index in [0.29, 0.717) is 19.1 Å². The summed E-state index contributed by atoms with van der Waals surface area (Å²) in [6, 6.07) is -0.187. The van der Waals surface area contributed by atoms with E-state index < -0.39 is 5.79 Å². The molecule has 2 heterocycles. The van der Waals surface area contributed by atoms with Crippen LogP contribution >= 0.6 is 0 Å². The first-order valence-electron chi connectivity index (χ1n) is 9.17. The molecular weight excluding hydrogens is 310 g/mol. The van der Waals surface area contributed by atoms with Crippen LogP contribution in [-0.4, -0.2) is 61.5 Å². The first kappa shape index (κ1) is 17.6. The van der Waals surface area contributed by atoms with Crippen molar-refractivity contribution in [3.63, 3.8) is 0 Å². The third kappa shape index (κ3) is 4.46. The highest BCUT2D eigenvalue weighted by Gasteiger charge is 2.40. The Morgan fingerprint density at radius 3 is 2.46 bits per heavy atom. The third-order valence-corrected chi connectivity index (χ3v) is 5.48. The summed E-state index contributed by atoms with van der Waals surface area (Å²) in [4.78, 5) is 26.1. The van der Waals surface area contributed by atoms with E-state index in [4.69, 9.17) is 9.47 Å². The molecular formula is C17H29N3O4. The predicted octanol–water partition coefficient (Wildman–Crippen LogP) is 1.23. The van der Waals surface area contributed by atoms with Crippen LogP contribution in [0.1, 0.15) is 45.4 Å². The Morgan fingerprint density at radius 1 is 1.12 bits per heavy atom. The Balaban J connectivity index is 1.37. The van der Waals surface area contributed by atoms with Gasteiger partial charge in [0.2, 0.25) is 5.91 Å². The van der Waals surface area contributed by atoms with Crippen LogP contribution < -0.4 is 10.6 Å². The van der Waals surface area contributed by atoms with E-state index in [2.05, 4.69) is 17.6 Å². The summed E-state index contributed by atoms with van der Waals surface area (Å²) in [6.07, 6.45) is 6.04. The molecule has 2 N–H and O–H groups in total. The molecule has 7 nitrogen and oxygen atoms in total. The molecule has 3 aliphatic rings. The van der Waals surface area contributed by atoms with Crippen molar-refractivity contribution in [1.29, 1.82) is 0 Å². The SMILES string of the molecule is C[C@@H]1CCCC[C@H]1NC(=O)NC(=O)CN1CCC2(CC1)OCCO2. The fourth-order valence-electron chi connectivity index (χ4n) is 3.94. The molecule has 3 amide bonds. The minimum absolute atomic E-state index is 0.179. The number of piperidine rings is 1. The Morgan fingerprint density at radius 2 is 1.79 bits per heavy atom. The molecule has 0 aromatic heterocycles. The molecule has 24 heavy (non-hydrogen) atoms. The number of amides is 3. The maximum atomic E-state index is 12.1. The Bertz CT molecular complexity index is 455. The molecule has 3 fully saturated rings. The molecule has 2 aliphatic heterocycles. The number of nitrogens with one attached hydrogen (secondary N) is 2. The molecule has 0 bridgehead atoms. The lowest BCUT2D eigenvalue weighted by Crippen LogP contribution is -2.52. The van der Waals surface area contributed by atoms with Gasteiger partial charge >= 0.3 is 6.03 Å². The maximum absolute atomic E-state index is 12.1. The summed E-state index contributed by atoms with van der Waals surface area (Å²) in [5.74, 6) is -0.203. The third-order valence-electron chi connectivity index (χ3n) is 5.48. The van der Waals surface area contributed by atoms with Crippen LogP contribution in [0.2, 0.25) is 0 Å². The predicted molar refractivity (Wildman–Crippen MR) is 88.4 cm³/mol. The molecule has 2 saturated heterocycles. The summed E-state index contributed by atoms with van der Waals surface area (Å²) >= 11 is 0. The summed E-state index contributed by atoms with van der Waals surface area (Å²) in [5, 5.41) is 5.41. The van der Waals surface area contributed by atoms with Gasteiger partial charge < -0.3 is 14.8 Å². The second-order valence-electron chi connectivity index (χ2n) is 7.27. The number of likely N-dealkylation sites (tertiary alicyclic amines) is 1. The number of ether oxygens (including phenoxy) is 2. The van der Waals surface area contributed by atoms with Gasteiger partial charge in [-0.15, -0.1) is 0 Å². The minimum atomic E-state index is -0.429. The van der Waals surface area contributed by atoms with E-state index >= 15 is 0 Å². The number of imide groups is 1. The van der Waals surface area contributed by atoms with E-state index in [0.717, 1.165) is 45.2 Å². The van der Waals surface area contributed by atoms with Crippen molar-refractivity contribution in [2.45, 2.75) is 57.3 Å². The molecule has 3 rings (SSSR count). The average Bonchev–Trinajstić information content (AvgIpc) is 3.00. The molecule has 7 heteroatoms. The highest BCUT2D eigenvalue weighted by atomic mass is 16.7. The van der Waals surface area contributed by atoms with Crippen molar-refractivity contribution in [1.82, 2.24) is 15.5 Å². The zero-order valence-electron chi connectivity index (χ0n) is 14.5. The molecule has 2 atom stereocenters. The Labute approximate surface area is 143 Å². The minimum Gasteiger partial charge on any atom is -0.347 e. The van der Waals surface area contributed by atoms with Gasteiger partial charge in [0.25, 0.3) is 0 Å². The molecule has 1 spiro atoms. The lowest BCUT2D eigenvalue weighted by Gasteiger charge is -2.37. The smallest absolute Gasteiger partial charge is 0.321 e. The first-order valence-corrected chi connectivity index (χ1v) is 9.17. The molecule has 136 valence electrons. The van der Waals surface area contributed by atoms with E-state index in [9.17, 15) is 9.59 Å². The number of hydrogen-bond acceptors (Lipinski definition) is 5. The Kier molecular flexibility index (Phi) is 5.73. The quantitative estimate of drug-likeness (QED) is 0.808. The van der Waals surface area contributed by atoms with Gasteiger partial charge in [0, 0.05) is 32.0 Å². The van der Waals surface area contributed by atoms with Crippen LogP contribution in [0.3, 0.4) is 0 Å². The van der Waals surface area contributed by atoms with E-state index in [1.165, 1.54) is 6.42 Å². The van der Waals surface area contributed by atoms with E-state index in [1.807, 2.05) is 4.90 Å². The van der Waals surface area contributed by atoms with Crippen LogP contribution in [-0.2, 0) is 14.3 Å². The van der Waals surface area contributed by atoms with Crippen molar-refractivity contribution in [3.05, 3.63) is 0 Å². The fraction of sp³-hybridized carbons (Fsp3) is 0.882. The molecule has 0 aromatic carbocycles. The van der Waals surface area contributed by atoms with Crippen LogP contribution in [0, 0.1) is 5.92 Å². The molecule has 0 unspecified atom stereocenters. The van der Waals surface area contributed by atoms with E-state index in [1.54, 1.807) is 0 Å². The van der Waals surface area contributed by atoms with Crippen molar-refractivity contribution in [3.8, 4) is 0 Å². The number of carbonyl (C=O) groups excluding carboxylic acids is 2. The molecule has 1 aliphatic carbocycles. The number of nitrogens with zero attached hydrogens (tertiary/aromatic N) is 1. The average molecular weight is 339 g/mol. The highest BCUT2D eigenvalue weighted by molar-refractivity contribution is 5.95. The Hall–Kier alpha value is -1.18. The second-order valence-corrected chi connectivity index (χ2v) is 7.27. The molecule has 0 radical (unpaired) electrons. The van der Waals surface area contributed by atoms with Crippen LogP contribution in [0.4, 0.5) is 4.79 Å². The topological polar surface area (TPSA) is 79.9 Å². The maximum Gasteiger partial charge on any atom is 0.321 e. The highest BCUT2D eigenvalue weighted by Crippen LogP contribution is 2.31.